The summed E-state index contributed by atoms with van der Waals surface area (Å²) in [5.41, 5.74) is 2.73. The standard InChI is InChI=1S/C24H29NO3S/c1-18-7-12-22(20-5-3-2-4-6-20)29-25(18)17-19-8-10-21(11-9-19)24(23(26)27)13-15-28-16-14-24/h2-6,8-11,18,22H,7,12-17H2,1H3,(H,26,27)/t18-,22+/m0/s1. The van der Waals surface area contributed by atoms with E-state index in [4.69, 9.17) is 4.74 Å². The molecule has 0 radical (unpaired) electrons. The first kappa shape index (κ1) is 20.5. The average Bonchev–Trinajstić information content (AvgIpc) is 2.77. The Bertz CT molecular complexity index is 818. The van der Waals surface area contributed by atoms with E-state index in [-0.39, 0.29) is 0 Å². The summed E-state index contributed by atoms with van der Waals surface area (Å²) in [5, 5.41) is 10.4. The van der Waals surface area contributed by atoms with Gasteiger partial charge in [-0.25, -0.2) is 4.31 Å². The lowest BCUT2D eigenvalue weighted by atomic mass is 9.74. The molecule has 2 heterocycles. The quantitative estimate of drug-likeness (QED) is 0.686. The molecule has 4 nitrogen and oxygen atoms in total. The molecule has 0 bridgehead atoms. The van der Waals surface area contributed by atoms with Gasteiger partial charge in [-0.15, -0.1) is 0 Å². The topological polar surface area (TPSA) is 49.8 Å². The Balaban J connectivity index is 1.47. The number of rotatable bonds is 5. The maximum atomic E-state index is 12.0. The van der Waals surface area contributed by atoms with Crippen LogP contribution < -0.4 is 0 Å². The molecule has 2 fully saturated rings. The zero-order valence-electron chi connectivity index (χ0n) is 16.9. The first-order chi connectivity index (χ1) is 14.1. The van der Waals surface area contributed by atoms with E-state index in [2.05, 4.69) is 53.7 Å². The zero-order valence-corrected chi connectivity index (χ0v) is 17.7. The number of aliphatic carboxylic acids is 1. The molecule has 0 aliphatic carbocycles. The summed E-state index contributed by atoms with van der Waals surface area (Å²) >= 11 is 1.95. The molecule has 2 aromatic carbocycles. The van der Waals surface area contributed by atoms with Crippen LogP contribution in [-0.2, 0) is 21.5 Å². The van der Waals surface area contributed by atoms with Crippen LogP contribution in [-0.4, -0.2) is 34.6 Å². The van der Waals surface area contributed by atoms with Crippen molar-refractivity contribution in [2.75, 3.05) is 13.2 Å². The number of ether oxygens (including phenoxy) is 1. The maximum absolute atomic E-state index is 12.0. The van der Waals surface area contributed by atoms with Crippen LogP contribution in [0.1, 0.15) is 54.5 Å². The maximum Gasteiger partial charge on any atom is 0.314 e. The Morgan fingerprint density at radius 1 is 1.10 bits per heavy atom. The highest BCUT2D eigenvalue weighted by atomic mass is 32.2. The molecule has 2 aliphatic rings. The number of carboxylic acids is 1. The number of carboxylic acid groups (broad SMARTS) is 1. The van der Waals surface area contributed by atoms with E-state index in [9.17, 15) is 9.90 Å². The van der Waals surface area contributed by atoms with Crippen molar-refractivity contribution in [3.8, 4) is 0 Å². The van der Waals surface area contributed by atoms with Crippen molar-refractivity contribution < 1.29 is 14.6 Å². The molecular weight excluding hydrogens is 382 g/mol. The summed E-state index contributed by atoms with van der Waals surface area (Å²) in [6, 6.07) is 19.5. The highest BCUT2D eigenvalue weighted by Gasteiger charge is 2.41. The molecule has 2 aromatic rings. The van der Waals surface area contributed by atoms with E-state index in [1.807, 2.05) is 24.1 Å². The van der Waals surface area contributed by atoms with E-state index in [0.29, 0.717) is 37.3 Å². The summed E-state index contributed by atoms with van der Waals surface area (Å²) in [4.78, 5) is 12.0. The van der Waals surface area contributed by atoms with Crippen LogP contribution in [0.5, 0.6) is 0 Å². The number of nitrogens with zero attached hydrogens (tertiary/aromatic N) is 1. The molecule has 5 heteroatoms. The van der Waals surface area contributed by atoms with Crippen LogP contribution in [0.15, 0.2) is 54.6 Å². The van der Waals surface area contributed by atoms with Gasteiger partial charge in [-0.1, -0.05) is 66.5 Å². The SMILES string of the molecule is C[C@H]1CC[C@H](c2ccccc2)SN1Cc1ccc(C2(C(=O)O)CCOCC2)cc1. The van der Waals surface area contributed by atoms with Gasteiger partial charge in [-0.3, -0.25) is 4.79 Å². The van der Waals surface area contributed by atoms with Gasteiger partial charge in [0.1, 0.15) is 0 Å². The fraction of sp³-hybridized carbons (Fsp3) is 0.458. The predicted octanol–water partition coefficient (Wildman–Crippen LogP) is 5.19. The average molecular weight is 412 g/mol. The third-order valence-electron chi connectivity index (χ3n) is 6.37. The minimum Gasteiger partial charge on any atom is -0.481 e. The van der Waals surface area contributed by atoms with E-state index in [1.54, 1.807) is 0 Å². The van der Waals surface area contributed by atoms with Crippen LogP contribution in [0, 0.1) is 0 Å². The molecule has 154 valence electrons. The third kappa shape index (κ3) is 4.37. The molecule has 1 N–H and O–H groups in total. The Morgan fingerprint density at radius 3 is 2.45 bits per heavy atom. The zero-order chi connectivity index (χ0) is 20.3. The molecule has 29 heavy (non-hydrogen) atoms. The van der Waals surface area contributed by atoms with Gasteiger partial charge < -0.3 is 9.84 Å². The van der Waals surface area contributed by atoms with Crippen molar-refractivity contribution in [1.29, 1.82) is 0 Å². The van der Waals surface area contributed by atoms with Crippen LogP contribution in [0.4, 0.5) is 0 Å². The summed E-state index contributed by atoms with van der Waals surface area (Å²) in [7, 11) is 0. The molecule has 0 spiro atoms. The first-order valence-corrected chi connectivity index (χ1v) is 11.3. The van der Waals surface area contributed by atoms with E-state index in [0.717, 1.165) is 12.1 Å². The van der Waals surface area contributed by atoms with Crippen molar-refractivity contribution in [1.82, 2.24) is 4.31 Å². The van der Waals surface area contributed by atoms with Crippen molar-refractivity contribution in [2.24, 2.45) is 0 Å². The van der Waals surface area contributed by atoms with Gasteiger partial charge in [0.05, 0.1) is 5.41 Å². The van der Waals surface area contributed by atoms with Crippen LogP contribution in [0.25, 0.3) is 0 Å². The minimum absolute atomic E-state index is 0.504. The van der Waals surface area contributed by atoms with Gasteiger partial charge in [-0.05, 0) is 49.3 Å². The van der Waals surface area contributed by atoms with Crippen LogP contribution >= 0.6 is 11.9 Å². The Labute approximate surface area is 177 Å². The normalized spacial score (nSPS) is 24.9. The van der Waals surface area contributed by atoms with Gasteiger partial charge in [0.2, 0.25) is 0 Å². The fourth-order valence-electron chi connectivity index (χ4n) is 4.40. The smallest absolute Gasteiger partial charge is 0.314 e. The van der Waals surface area contributed by atoms with E-state index in [1.165, 1.54) is 24.0 Å². The highest BCUT2D eigenvalue weighted by Crippen LogP contribution is 2.43. The molecule has 0 aromatic heterocycles. The van der Waals surface area contributed by atoms with Gasteiger partial charge in [0.15, 0.2) is 0 Å². The molecular formula is C24H29NO3S. The monoisotopic (exact) mass is 411 g/mol. The van der Waals surface area contributed by atoms with Crippen molar-refractivity contribution in [3.05, 3.63) is 71.3 Å². The molecule has 0 saturated carbocycles. The lowest BCUT2D eigenvalue weighted by Crippen LogP contribution is -2.41. The predicted molar refractivity (Wildman–Crippen MR) is 117 cm³/mol. The molecule has 2 saturated heterocycles. The lowest BCUT2D eigenvalue weighted by molar-refractivity contribution is -0.147. The molecule has 2 atom stereocenters. The van der Waals surface area contributed by atoms with Crippen molar-refractivity contribution >= 4 is 17.9 Å². The summed E-state index contributed by atoms with van der Waals surface area (Å²) in [5.74, 6) is -0.737. The van der Waals surface area contributed by atoms with Gasteiger partial charge in [-0.2, -0.15) is 0 Å². The summed E-state index contributed by atoms with van der Waals surface area (Å²) in [6.45, 7) is 4.19. The molecule has 0 amide bonds. The number of carbonyl (C=O) groups is 1. The van der Waals surface area contributed by atoms with Gasteiger partial charge >= 0.3 is 5.97 Å². The molecule has 2 aliphatic heterocycles. The van der Waals surface area contributed by atoms with Crippen LogP contribution in [0.3, 0.4) is 0 Å². The number of hydrogen-bond donors (Lipinski definition) is 1. The van der Waals surface area contributed by atoms with Crippen molar-refractivity contribution in [3.63, 3.8) is 0 Å². The lowest BCUT2D eigenvalue weighted by Gasteiger charge is -2.37. The van der Waals surface area contributed by atoms with E-state index >= 15 is 0 Å². The first-order valence-electron chi connectivity index (χ1n) is 10.5. The fourth-order valence-corrected chi connectivity index (χ4v) is 5.78. The number of hydrogen-bond acceptors (Lipinski definition) is 4. The summed E-state index contributed by atoms with van der Waals surface area (Å²) < 4.78 is 7.89. The van der Waals surface area contributed by atoms with E-state index < -0.39 is 11.4 Å². The molecule has 0 unspecified atom stereocenters. The minimum atomic E-state index is -0.803. The Kier molecular flexibility index (Phi) is 6.28. The highest BCUT2D eigenvalue weighted by molar-refractivity contribution is 7.97. The van der Waals surface area contributed by atoms with Crippen LogP contribution in [0.2, 0.25) is 0 Å². The van der Waals surface area contributed by atoms with Crippen molar-refractivity contribution in [2.45, 2.75) is 55.9 Å². The largest absolute Gasteiger partial charge is 0.481 e. The Morgan fingerprint density at radius 2 is 1.79 bits per heavy atom. The Hall–Kier alpha value is -1.82. The summed E-state index contributed by atoms with van der Waals surface area (Å²) in [6.07, 6.45) is 3.47. The molecule has 4 rings (SSSR count). The third-order valence-corrected chi connectivity index (χ3v) is 7.90. The number of benzene rings is 2. The second-order valence-corrected chi connectivity index (χ2v) is 9.45. The van der Waals surface area contributed by atoms with Gasteiger partial charge in [0, 0.05) is 31.1 Å². The second kappa shape index (κ2) is 8.90. The van der Waals surface area contributed by atoms with Gasteiger partial charge in [0.25, 0.3) is 0 Å². The second-order valence-electron chi connectivity index (χ2n) is 8.20.